The lowest BCUT2D eigenvalue weighted by Crippen LogP contribution is -2.84. The molecule has 82 valence electrons. The van der Waals surface area contributed by atoms with E-state index in [2.05, 4.69) is 10.6 Å². The lowest BCUT2D eigenvalue weighted by molar-refractivity contribution is -0.148. The predicted octanol–water partition coefficient (Wildman–Crippen LogP) is -2.25. The average Bonchev–Trinajstić information content (AvgIpc) is 2.17. The molecule has 0 aromatic rings. The minimum Gasteiger partial charge on any atom is -0.351 e. The van der Waals surface area contributed by atoms with E-state index in [-0.39, 0.29) is 24.9 Å². The fourth-order valence-corrected chi connectivity index (χ4v) is 2.03. The number of rotatable bonds is 0. The fourth-order valence-electron chi connectivity index (χ4n) is 2.03. The normalized spacial score (nSPS) is 34.5. The maximum absolute atomic E-state index is 11.6. The van der Waals surface area contributed by atoms with Crippen LogP contribution in [-0.2, 0) is 9.59 Å². The zero-order valence-electron chi connectivity index (χ0n) is 8.24. The molecule has 2 saturated heterocycles. The summed E-state index contributed by atoms with van der Waals surface area (Å²) in [4.78, 5) is 35.0. The van der Waals surface area contributed by atoms with Crippen molar-refractivity contribution in [1.29, 1.82) is 0 Å². The number of primary amides is 1. The van der Waals surface area contributed by atoms with E-state index >= 15 is 0 Å². The van der Waals surface area contributed by atoms with E-state index in [0.29, 0.717) is 0 Å². The van der Waals surface area contributed by atoms with Crippen molar-refractivity contribution in [2.75, 3.05) is 13.1 Å². The Morgan fingerprint density at radius 2 is 2.27 bits per heavy atom. The Balaban J connectivity index is 2.19. The molecule has 15 heavy (non-hydrogen) atoms. The van der Waals surface area contributed by atoms with Crippen LogP contribution < -0.4 is 16.4 Å². The van der Waals surface area contributed by atoms with Crippen LogP contribution in [-0.4, -0.2) is 47.4 Å². The first-order valence-corrected chi connectivity index (χ1v) is 4.63. The molecule has 0 saturated carbocycles. The van der Waals surface area contributed by atoms with E-state index in [4.69, 9.17) is 5.73 Å². The van der Waals surface area contributed by atoms with Crippen LogP contribution in [0.25, 0.3) is 0 Å². The van der Waals surface area contributed by atoms with Gasteiger partial charge in [0, 0.05) is 0 Å². The molecule has 7 nitrogen and oxygen atoms in total. The van der Waals surface area contributed by atoms with Gasteiger partial charge in [-0.1, -0.05) is 0 Å². The molecule has 2 unspecified atom stereocenters. The van der Waals surface area contributed by atoms with Gasteiger partial charge in [0.15, 0.2) is 5.54 Å². The summed E-state index contributed by atoms with van der Waals surface area (Å²) in [7, 11) is 0. The van der Waals surface area contributed by atoms with Gasteiger partial charge in [-0.25, -0.2) is 4.79 Å². The topological polar surface area (TPSA) is 105 Å². The first-order valence-electron chi connectivity index (χ1n) is 4.63. The second-order valence-electron chi connectivity index (χ2n) is 3.84. The Morgan fingerprint density at radius 3 is 2.80 bits per heavy atom. The van der Waals surface area contributed by atoms with E-state index in [9.17, 15) is 14.4 Å². The van der Waals surface area contributed by atoms with Crippen molar-refractivity contribution in [3.05, 3.63) is 0 Å². The second kappa shape index (κ2) is 2.85. The number of likely N-dealkylation sites (tertiary alicyclic amines) is 1. The summed E-state index contributed by atoms with van der Waals surface area (Å²) < 4.78 is 0. The summed E-state index contributed by atoms with van der Waals surface area (Å²) >= 11 is 0. The van der Waals surface area contributed by atoms with Gasteiger partial charge in [0.05, 0.1) is 19.1 Å². The van der Waals surface area contributed by atoms with Crippen LogP contribution in [0.15, 0.2) is 0 Å². The highest BCUT2D eigenvalue weighted by Crippen LogP contribution is 2.30. The molecule has 2 heterocycles. The van der Waals surface area contributed by atoms with E-state index in [1.807, 2.05) is 0 Å². The molecule has 2 atom stereocenters. The molecule has 0 aromatic heterocycles. The van der Waals surface area contributed by atoms with Crippen molar-refractivity contribution in [2.24, 2.45) is 5.73 Å². The molecule has 0 aromatic carbocycles. The molecular weight excluding hydrogens is 200 g/mol. The molecular formula is C8H12N4O3. The van der Waals surface area contributed by atoms with Crippen molar-refractivity contribution in [2.45, 2.75) is 18.5 Å². The van der Waals surface area contributed by atoms with E-state index in [0.717, 1.165) is 0 Å². The Morgan fingerprint density at radius 1 is 1.60 bits per heavy atom. The van der Waals surface area contributed by atoms with Crippen molar-refractivity contribution in [3.8, 4) is 0 Å². The molecule has 2 aliphatic heterocycles. The van der Waals surface area contributed by atoms with Gasteiger partial charge in [-0.05, 0) is 6.92 Å². The zero-order chi connectivity index (χ0) is 11.2. The van der Waals surface area contributed by atoms with E-state index in [1.165, 1.54) is 4.90 Å². The van der Waals surface area contributed by atoms with Gasteiger partial charge in [0.1, 0.15) is 0 Å². The number of carbonyl (C=O) groups excluding carboxylic acids is 3. The number of hydrogen-bond acceptors (Lipinski definition) is 3. The van der Waals surface area contributed by atoms with Gasteiger partial charge < -0.3 is 21.3 Å². The average molecular weight is 212 g/mol. The summed E-state index contributed by atoms with van der Waals surface area (Å²) in [6.07, 6.45) is 0. The largest absolute Gasteiger partial charge is 0.351 e. The molecule has 7 heteroatoms. The Labute approximate surface area is 86.0 Å². The summed E-state index contributed by atoms with van der Waals surface area (Å²) in [6.45, 7) is 1.81. The molecule has 4 N–H and O–H groups in total. The number of nitrogens with zero attached hydrogens (tertiary/aromatic N) is 1. The second-order valence-corrected chi connectivity index (χ2v) is 3.84. The van der Waals surface area contributed by atoms with E-state index < -0.39 is 17.6 Å². The van der Waals surface area contributed by atoms with Crippen LogP contribution in [0.2, 0.25) is 0 Å². The minimum absolute atomic E-state index is 0.0100. The van der Waals surface area contributed by atoms with Gasteiger partial charge in [0.25, 0.3) is 0 Å². The summed E-state index contributed by atoms with van der Waals surface area (Å²) in [5, 5.41) is 5.10. The van der Waals surface area contributed by atoms with Crippen molar-refractivity contribution < 1.29 is 14.4 Å². The molecule has 2 fully saturated rings. The number of carbonyl (C=O) groups is 3. The van der Waals surface area contributed by atoms with Crippen molar-refractivity contribution >= 4 is 17.8 Å². The Hall–Kier alpha value is -1.79. The molecule has 0 aliphatic carbocycles. The standard InChI is InChI=1S/C8H12N4O3/c1-4-8(3-12(4)7(9)15)6(14)10-2-5(13)11-8/h4H,2-3H2,1H3,(H2,9,15)(H,10,14)(H,11,13). The summed E-state index contributed by atoms with van der Waals surface area (Å²) in [5.41, 5.74) is 4.12. The van der Waals surface area contributed by atoms with Crippen molar-refractivity contribution in [1.82, 2.24) is 15.5 Å². The van der Waals surface area contributed by atoms with Crippen LogP contribution in [0.1, 0.15) is 6.92 Å². The number of piperazine rings is 1. The molecule has 1 spiro atoms. The van der Waals surface area contributed by atoms with Gasteiger partial charge in [-0.2, -0.15) is 0 Å². The van der Waals surface area contributed by atoms with Crippen molar-refractivity contribution in [3.63, 3.8) is 0 Å². The third kappa shape index (κ3) is 1.15. The molecule has 0 radical (unpaired) electrons. The lowest BCUT2D eigenvalue weighted by Gasteiger charge is -2.55. The number of urea groups is 1. The zero-order valence-corrected chi connectivity index (χ0v) is 8.24. The minimum atomic E-state index is -0.982. The monoisotopic (exact) mass is 212 g/mol. The molecule has 4 amide bonds. The van der Waals surface area contributed by atoms with E-state index in [1.54, 1.807) is 6.92 Å². The number of amides is 4. The fraction of sp³-hybridized carbons (Fsp3) is 0.625. The third-order valence-electron chi connectivity index (χ3n) is 3.06. The predicted molar refractivity (Wildman–Crippen MR) is 49.6 cm³/mol. The SMILES string of the molecule is CC1N(C(N)=O)CC12NC(=O)CNC2=O. The summed E-state index contributed by atoms with van der Waals surface area (Å²) in [5.74, 6) is -0.502. The Kier molecular flexibility index (Phi) is 1.85. The quantitative estimate of drug-likeness (QED) is 0.422. The van der Waals surface area contributed by atoms with Gasteiger partial charge in [-0.3, -0.25) is 9.59 Å². The van der Waals surface area contributed by atoms with Crippen LogP contribution in [0.5, 0.6) is 0 Å². The first-order chi connectivity index (χ1) is 6.97. The van der Waals surface area contributed by atoms with Gasteiger partial charge in [0.2, 0.25) is 11.8 Å². The molecule has 2 aliphatic rings. The van der Waals surface area contributed by atoms with Crippen LogP contribution in [0.3, 0.4) is 0 Å². The van der Waals surface area contributed by atoms with Crippen LogP contribution >= 0.6 is 0 Å². The maximum Gasteiger partial charge on any atom is 0.315 e. The highest BCUT2D eigenvalue weighted by atomic mass is 16.2. The van der Waals surface area contributed by atoms with Crippen LogP contribution in [0, 0.1) is 0 Å². The maximum atomic E-state index is 11.6. The van der Waals surface area contributed by atoms with Gasteiger partial charge in [-0.15, -0.1) is 0 Å². The number of nitrogens with one attached hydrogen (secondary N) is 2. The molecule has 0 bridgehead atoms. The van der Waals surface area contributed by atoms with Crippen LogP contribution in [0.4, 0.5) is 4.79 Å². The highest BCUT2D eigenvalue weighted by molar-refractivity contribution is 6.00. The number of nitrogens with two attached hydrogens (primary N) is 1. The smallest absolute Gasteiger partial charge is 0.315 e. The summed E-state index contributed by atoms with van der Waals surface area (Å²) in [6, 6.07) is -0.986. The third-order valence-corrected chi connectivity index (χ3v) is 3.06. The lowest BCUT2D eigenvalue weighted by atomic mass is 9.79. The first kappa shape index (κ1) is 9.75. The highest BCUT2D eigenvalue weighted by Gasteiger charge is 2.59. The molecule has 2 rings (SSSR count). The Bertz CT molecular complexity index is 356. The number of hydrogen-bond donors (Lipinski definition) is 3. The van der Waals surface area contributed by atoms with Gasteiger partial charge >= 0.3 is 6.03 Å².